The van der Waals surface area contributed by atoms with Crippen molar-refractivity contribution in [3.05, 3.63) is 63.9 Å². The smallest absolute Gasteiger partial charge is 0.227 e. The molecule has 0 fully saturated rings. The van der Waals surface area contributed by atoms with E-state index in [1.165, 1.54) is 0 Å². The number of ketones is 1. The number of pyridine rings is 1. The fourth-order valence-corrected chi connectivity index (χ4v) is 2.40. The van der Waals surface area contributed by atoms with E-state index < -0.39 is 0 Å². The van der Waals surface area contributed by atoms with Gasteiger partial charge in [-0.2, -0.15) is 4.57 Å². The van der Waals surface area contributed by atoms with Gasteiger partial charge in [-0.05, 0) is 48.0 Å². The van der Waals surface area contributed by atoms with Crippen molar-refractivity contribution in [1.82, 2.24) is 0 Å². The van der Waals surface area contributed by atoms with E-state index in [9.17, 15) is 4.79 Å². The van der Waals surface area contributed by atoms with E-state index in [1.807, 2.05) is 55.1 Å². The average molecular weight is 305 g/mol. The third-order valence-electron chi connectivity index (χ3n) is 2.69. The van der Waals surface area contributed by atoms with Crippen LogP contribution in [0, 0.1) is 13.8 Å². The SMILES string of the molecule is Cc1cc(C)cc(C(=O)C[n+]2cccc(Br)c2)c1. The molecule has 0 bridgehead atoms. The summed E-state index contributed by atoms with van der Waals surface area (Å²) in [6.07, 6.45) is 3.80. The quantitative estimate of drug-likeness (QED) is 0.630. The molecule has 1 heterocycles. The fraction of sp³-hybridized carbons (Fsp3) is 0.200. The van der Waals surface area contributed by atoms with Gasteiger partial charge in [-0.25, -0.2) is 0 Å². The third kappa shape index (κ3) is 3.26. The predicted molar refractivity (Wildman–Crippen MR) is 74.6 cm³/mol. The monoisotopic (exact) mass is 304 g/mol. The molecule has 2 nitrogen and oxygen atoms in total. The Morgan fingerprint density at radius 2 is 1.89 bits per heavy atom. The second-order valence-electron chi connectivity index (χ2n) is 4.49. The predicted octanol–water partition coefficient (Wildman–Crippen LogP) is 3.24. The van der Waals surface area contributed by atoms with Crippen molar-refractivity contribution in [3.8, 4) is 0 Å². The van der Waals surface area contributed by atoms with Crippen molar-refractivity contribution < 1.29 is 9.36 Å². The lowest BCUT2D eigenvalue weighted by atomic mass is 10.0. The van der Waals surface area contributed by atoms with Gasteiger partial charge in [0.05, 0.1) is 4.47 Å². The fourth-order valence-electron chi connectivity index (χ4n) is 1.98. The molecule has 0 saturated carbocycles. The maximum atomic E-state index is 12.2. The van der Waals surface area contributed by atoms with Gasteiger partial charge in [-0.1, -0.05) is 17.2 Å². The minimum atomic E-state index is 0.130. The van der Waals surface area contributed by atoms with Crippen molar-refractivity contribution in [2.45, 2.75) is 20.4 Å². The summed E-state index contributed by atoms with van der Waals surface area (Å²) in [5, 5.41) is 0. The van der Waals surface area contributed by atoms with Crippen LogP contribution in [-0.4, -0.2) is 5.78 Å². The van der Waals surface area contributed by atoms with E-state index in [1.54, 1.807) is 0 Å². The van der Waals surface area contributed by atoms with E-state index >= 15 is 0 Å². The second-order valence-corrected chi connectivity index (χ2v) is 5.41. The Bertz CT molecular complexity index is 573. The summed E-state index contributed by atoms with van der Waals surface area (Å²) in [6.45, 7) is 4.38. The van der Waals surface area contributed by atoms with E-state index in [0.29, 0.717) is 6.54 Å². The van der Waals surface area contributed by atoms with Gasteiger partial charge in [0.15, 0.2) is 12.4 Å². The summed E-state index contributed by atoms with van der Waals surface area (Å²) in [4.78, 5) is 12.2. The Morgan fingerprint density at radius 1 is 1.22 bits per heavy atom. The first-order valence-electron chi connectivity index (χ1n) is 5.81. The van der Waals surface area contributed by atoms with Crippen LogP contribution in [0.1, 0.15) is 21.5 Å². The zero-order valence-corrected chi connectivity index (χ0v) is 12.1. The summed E-state index contributed by atoms with van der Waals surface area (Å²) in [6, 6.07) is 9.81. The molecule has 1 aromatic carbocycles. The number of carbonyl (C=O) groups excluding carboxylic acids is 1. The van der Waals surface area contributed by atoms with Gasteiger partial charge < -0.3 is 0 Å². The highest BCUT2D eigenvalue weighted by atomic mass is 79.9. The van der Waals surface area contributed by atoms with E-state index in [-0.39, 0.29) is 5.78 Å². The Labute approximate surface area is 115 Å². The molecule has 18 heavy (non-hydrogen) atoms. The van der Waals surface area contributed by atoms with Crippen molar-refractivity contribution in [3.63, 3.8) is 0 Å². The molecule has 0 atom stereocenters. The van der Waals surface area contributed by atoms with Crippen LogP contribution in [-0.2, 0) is 6.54 Å². The van der Waals surface area contributed by atoms with Gasteiger partial charge in [0.25, 0.3) is 0 Å². The van der Waals surface area contributed by atoms with Crippen molar-refractivity contribution in [2.75, 3.05) is 0 Å². The first-order chi connectivity index (χ1) is 8.54. The van der Waals surface area contributed by atoms with Crippen LogP contribution >= 0.6 is 15.9 Å². The lowest BCUT2D eigenvalue weighted by Crippen LogP contribution is -2.37. The van der Waals surface area contributed by atoms with Gasteiger partial charge >= 0.3 is 0 Å². The zero-order chi connectivity index (χ0) is 13.1. The number of benzene rings is 1. The van der Waals surface area contributed by atoms with E-state index in [0.717, 1.165) is 21.2 Å². The maximum absolute atomic E-state index is 12.2. The van der Waals surface area contributed by atoms with Crippen molar-refractivity contribution in [2.24, 2.45) is 0 Å². The number of rotatable bonds is 3. The van der Waals surface area contributed by atoms with Crippen LogP contribution in [0.5, 0.6) is 0 Å². The van der Waals surface area contributed by atoms with Crippen molar-refractivity contribution in [1.29, 1.82) is 0 Å². The number of carbonyl (C=O) groups is 1. The van der Waals surface area contributed by atoms with Crippen LogP contribution in [0.2, 0.25) is 0 Å². The highest BCUT2D eigenvalue weighted by molar-refractivity contribution is 9.10. The third-order valence-corrected chi connectivity index (χ3v) is 3.16. The molecule has 0 N–H and O–H groups in total. The second kappa shape index (κ2) is 5.44. The highest BCUT2D eigenvalue weighted by Gasteiger charge is 2.12. The van der Waals surface area contributed by atoms with Crippen LogP contribution < -0.4 is 4.57 Å². The molecule has 2 aromatic rings. The molecular formula is C15H15BrNO+. The first kappa shape index (κ1) is 13.0. The van der Waals surface area contributed by atoms with Crippen LogP contribution in [0.4, 0.5) is 0 Å². The van der Waals surface area contributed by atoms with Gasteiger partial charge in [0.2, 0.25) is 12.3 Å². The number of hydrogen-bond acceptors (Lipinski definition) is 1. The topological polar surface area (TPSA) is 20.9 Å². The number of halogens is 1. The zero-order valence-electron chi connectivity index (χ0n) is 10.5. The maximum Gasteiger partial charge on any atom is 0.227 e. The normalized spacial score (nSPS) is 10.4. The summed E-state index contributed by atoms with van der Waals surface area (Å²) in [5.41, 5.74) is 3.02. The number of nitrogens with zero attached hydrogens (tertiary/aromatic N) is 1. The Balaban J connectivity index is 2.22. The van der Waals surface area contributed by atoms with E-state index in [2.05, 4.69) is 22.0 Å². The van der Waals surface area contributed by atoms with Crippen molar-refractivity contribution >= 4 is 21.7 Å². The summed E-state index contributed by atoms with van der Waals surface area (Å²) in [7, 11) is 0. The average Bonchev–Trinajstić information content (AvgIpc) is 2.27. The Morgan fingerprint density at radius 3 is 2.50 bits per heavy atom. The number of Topliss-reactive ketones (excluding diaryl/α,β-unsaturated/α-hetero) is 1. The molecule has 0 aliphatic carbocycles. The Hall–Kier alpha value is -1.48. The van der Waals surface area contributed by atoms with E-state index in [4.69, 9.17) is 0 Å². The van der Waals surface area contributed by atoms with Gasteiger partial charge in [-0.3, -0.25) is 4.79 Å². The largest absolute Gasteiger partial charge is 0.287 e. The molecular weight excluding hydrogens is 290 g/mol. The van der Waals surface area contributed by atoms with Gasteiger partial charge in [0, 0.05) is 11.6 Å². The first-order valence-corrected chi connectivity index (χ1v) is 6.60. The molecule has 0 unspecified atom stereocenters. The molecule has 1 aromatic heterocycles. The lowest BCUT2D eigenvalue weighted by molar-refractivity contribution is -0.683. The number of aromatic nitrogens is 1. The van der Waals surface area contributed by atoms with Gasteiger partial charge in [-0.15, -0.1) is 0 Å². The van der Waals surface area contributed by atoms with Crippen LogP contribution in [0.15, 0.2) is 47.2 Å². The van der Waals surface area contributed by atoms with Crippen LogP contribution in [0.3, 0.4) is 0 Å². The lowest BCUT2D eigenvalue weighted by Gasteiger charge is -2.02. The number of hydrogen-bond donors (Lipinski definition) is 0. The summed E-state index contributed by atoms with van der Waals surface area (Å²) >= 11 is 3.40. The molecule has 0 amide bonds. The van der Waals surface area contributed by atoms with Crippen LogP contribution in [0.25, 0.3) is 0 Å². The minimum absolute atomic E-state index is 0.130. The van der Waals surface area contributed by atoms with Gasteiger partial charge in [0.1, 0.15) is 0 Å². The molecule has 0 aliphatic rings. The molecule has 3 heteroatoms. The molecule has 0 saturated heterocycles. The summed E-state index contributed by atoms with van der Waals surface area (Å²) < 4.78 is 2.85. The minimum Gasteiger partial charge on any atom is -0.287 e. The number of aryl methyl sites for hydroxylation is 2. The molecule has 92 valence electrons. The molecule has 0 radical (unpaired) electrons. The highest BCUT2D eigenvalue weighted by Crippen LogP contribution is 2.10. The summed E-state index contributed by atoms with van der Waals surface area (Å²) in [5.74, 6) is 0.130. The Kier molecular flexibility index (Phi) is 3.92. The standard InChI is InChI=1S/C15H15BrNO/c1-11-6-12(2)8-13(7-11)15(18)10-17-5-3-4-14(16)9-17/h3-9H,10H2,1-2H3/q+1. The molecule has 0 aliphatic heterocycles. The molecule has 2 rings (SSSR count). The molecule has 0 spiro atoms.